The third-order valence-corrected chi connectivity index (χ3v) is 3.19. The summed E-state index contributed by atoms with van der Waals surface area (Å²) in [6.07, 6.45) is 0. The zero-order valence-electron chi connectivity index (χ0n) is 10.6. The smallest absolute Gasteiger partial charge is 0.243 e. The van der Waals surface area contributed by atoms with Crippen LogP contribution >= 0.6 is 15.9 Å². The first-order valence-electron chi connectivity index (χ1n) is 5.89. The average molecular weight is 359 g/mol. The molecule has 0 bridgehead atoms. The molecule has 0 aliphatic carbocycles. The van der Waals surface area contributed by atoms with Crippen LogP contribution in [0.1, 0.15) is 0 Å². The van der Waals surface area contributed by atoms with Crippen molar-refractivity contribution in [1.82, 2.24) is 0 Å². The third-order valence-electron chi connectivity index (χ3n) is 2.58. The number of hydrogen-bond donors (Lipinski definition) is 2. The second-order valence-electron chi connectivity index (χ2n) is 4.15. The molecule has 2 aromatic rings. The van der Waals surface area contributed by atoms with E-state index in [2.05, 4.69) is 26.6 Å². The molecule has 2 N–H and O–H groups in total. The van der Waals surface area contributed by atoms with Crippen LogP contribution in [0.3, 0.4) is 0 Å². The summed E-state index contributed by atoms with van der Waals surface area (Å²) in [6, 6.07) is 7.11. The first-order valence-corrected chi connectivity index (χ1v) is 6.69. The Morgan fingerprint density at radius 1 is 1.05 bits per heavy atom. The Bertz CT molecular complexity index is 662. The predicted molar refractivity (Wildman–Crippen MR) is 77.6 cm³/mol. The topological polar surface area (TPSA) is 41.1 Å². The van der Waals surface area contributed by atoms with Crippen molar-refractivity contribution in [2.45, 2.75) is 0 Å². The summed E-state index contributed by atoms with van der Waals surface area (Å²) >= 11 is 2.86. The molecule has 110 valence electrons. The van der Waals surface area contributed by atoms with Gasteiger partial charge in [0.25, 0.3) is 0 Å². The average Bonchev–Trinajstić information content (AvgIpc) is 2.44. The van der Waals surface area contributed by atoms with E-state index in [0.29, 0.717) is 5.69 Å². The standard InChI is InChI=1S/C14H10BrF3N2O/c15-10-5-12(18)13(6-11(10)17)19-7-14(21)20-9-3-1-8(16)2-4-9/h1-6,19H,7H2,(H,20,21). The molecule has 0 aromatic heterocycles. The van der Waals surface area contributed by atoms with Crippen LogP contribution in [0, 0.1) is 17.5 Å². The summed E-state index contributed by atoms with van der Waals surface area (Å²) in [6.45, 7) is -0.255. The largest absolute Gasteiger partial charge is 0.374 e. The molecule has 0 saturated heterocycles. The van der Waals surface area contributed by atoms with Crippen LogP contribution in [0.25, 0.3) is 0 Å². The molecule has 3 nitrogen and oxygen atoms in total. The van der Waals surface area contributed by atoms with Gasteiger partial charge in [0.1, 0.15) is 17.5 Å². The lowest BCUT2D eigenvalue weighted by atomic mass is 10.3. The molecule has 0 aliphatic heterocycles. The van der Waals surface area contributed by atoms with Crippen LogP contribution in [0.4, 0.5) is 24.5 Å². The first kappa shape index (κ1) is 15.4. The molecule has 0 aliphatic rings. The molecule has 2 aromatic carbocycles. The van der Waals surface area contributed by atoms with Gasteiger partial charge in [-0.25, -0.2) is 13.2 Å². The minimum absolute atomic E-state index is 0.00122. The summed E-state index contributed by atoms with van der Waals surface area (Å²) in [5.41, 5.74) is 0.288. The molecular weight excluding hydrogens is 349 g/mol. The Labute approximate surface area is 127 Å². The number of carbonyl (C=O) groups is 1. The quantitative estimate of drug-likeness (QED) is 0.813. The lowest BCUT2D eigenvalue weighted by Gasteiger charge is -2.09. The van der Waals surface area contributed by atoms with Crippen LogP contribution in [0.2, 0.25) is 0 Å². The summed E-state index contributed by atoms with van der Waals surface area (Å²) < 4.78 is 39.5. The van der Waals surface area contributed by atoms with E-state index < -0.39 is 23.4 Å². The summed E-state index contributed by atoms with van der Waals surface area (Å²) in [5.74, 6) is -2.21. The second kappa shape index (κ2) is 6.62. The molecular formula is C14H10BrF3N2O. The van der Waals surface area contributed by atoms with Crippen molar-refractivity contribution >= 4 is 33.2 Å². The van der Waals surface area contributed by atoms with Crippen molar-refractivity contribution in [1.29, 1.82) is 0 Å². The number of amides is 1. The van der Waals surface area contributed by atoms with Gasteiger partial charge in [-0.3, -0.25) is 4.79 Å². The van der Waals surface area contributed by atoms with E-state index in [9.17, 15) is 18.0 Å². The number of hydrogen-bond acceptors (Lipinski definition) is 2. The highest BCUT2D eigenvalue weighted by Crippen LogP contribution is 2.23. The number of carbonyl (C=O) groups excluding carboxylic acids is 1. The van der Waals surface area contributed by atoms with E-state index in [4.69, 9.17) is 0 Å². The van der Waals surface area contributed by atoms with Crippen LogP contribution in [-0.2, 0) is 4.79 Å². The minimum Gasteiger partial charge on any atom is -0.374 e. The van der Waals surface area contributed by atoms with Gasteiger partial charge in [-0.1, -0.05) is 0 Å². The van der Waals surface area contributed by atoms with E-state index in [1.807, 2.05) is 0 Å². The number of benzene rings is 2. The number of halogens is 4. The Morgan fingerprint density at radius 2 is 1.71 bits per heavy atom. The van der Waals surface area contributed by atoms with Gasteiger partial charge in [-0.15, -0.1) is 0 Å². The Kier molecular flexibility index (Phi) is 4.85. The lowest BCUT2D eigenvalue weighted by molar-refractivity contribution is -0.114. The summed E-state index contributed by atoms with van der Waals surface area (Å²) in [4.78, 5) is 11.6. The van der Waals surface area contributed by atoms with E-state index in [-0.39, 0.29) is 16.7 Å². The van der Waals surface area contributed by atoms with Crippen LogP contribution in [-0.4, -0.2) is 12.5 Å². The van der Waals surface area contributed by atoms with Gasteiger partial charge >= 0.3 is 0 Å². The monoisotopic (exact) mass is 358 g/mol. The van der Waals surface area contributed by atoms with Gasteiger partial charge in [-0.05, 0) is 46.3 Å². The zero-order valence-corrected chi connectivity index (χ0v) is 12.2. The fourth-order valence-corrected chi connectivity index (χ4v) is 1.89. The highest BCUT2D eigenvalue weighted by Gasteiger charge is 2.09. The highest BCUT2D eigenvalue weighted by molar-refractivity contribution is 9.10. The van der Waals surface area contributed by atoms with Crippen molar-refractivity contribution in [3.8, 4) is 0 Å². The normalized spacial score (nSPS) is 10.3. The maximum atomic E-state index is 13.5. The van der Waals surface area contributed by atoms with Crippen molar-refractivity contribution in [3.05, 3.63) is 58.3 Å². The Morgan fingerprint density at radius 3 is 2.38 bits per heavy atom. The maximum absolute atomic E-state index is 13.5. The van der Waals surface area contributed by atoms with Gasteiger partial charge in [0.05, 0.1) is 16.7 Å². The first-order chi connectivity index (χ1) is 9.95. The van der Waals surface area contributed by atoms with Crippen molar-refractivity contribution in [3.63, 3.8) is 0 Å². The fraction of sp³-hybridized carbons (Fsp3) is 0.0714. The molecule has 0 heterocycles. The molecule has 0 atom stereocenters. The second-order valence-corrected chi connectivity index (χ2v) is 5.01. The number of rotatable bonds is 4. The van der Waals surface area contributed by atoms with Gasteiger partial charge < -0.3 is 10.6 Å². The third kappa shape index (κ3) is 4.22. The Hall–Kier alpha value is -2.02. The van der Waals surface area contributed by atoms with Crippen molar-refractivity contribution in [2.75, 3.05) is 17.2 Å². The zero-order chi connectivity index (χ0) is 15.4. The molecule has 0 spiro atoms. The maximum Gasteiger partial charge on any atom is 0.243 e. The summed E-state index contributed by atoms with van der Waals surface area (Å²) in [5, 5.41) is 4.98. The molecule has 0 saturated carbocycles. The van der Waals surface area contributed by atoms with E-state index in [1.165, 1.54) is 24.3 Å². The van der Waals surface area contributed by atoms with E-state index in [0.717, 1.165) is 12.1 Å². The number of nitrogens with one attached hydrogen (secondary N) is 2. The van der Waals surface area contributed by atoms with Crippen molar-refractivity contribution < 1.29 is 18.0 Å². The van der Waals surface area contributed by atoms with Crippen LogP contribution in [0.5, 0.6) is 0 Å². The Balaban J connectivity index is 1.95. The molecule has 0 radical (unpaired) electrons. The molecule has 0 unspecified atom stereocenters. The molecule has 2 rings (SSSR count). The van der Waals surface area contributed by atoms with Gasteiger partial charge in [0.2, 0.25) is 5.91 Å². The van der Waals surface area contributed by atoms with E-state index >= 15 is 0 Å². The van der Waals surface area contributed by atoms with Crippen LogP contribution in [0.15, 0.2) is 40.9 Å². The molecule has 21 heavy (non-hydrogen) atoms. The molecule has 7 heteroatoms. The minimum atomic E-state index is -0.683. The molecule has 1 amide bonds. The van der Waals surface area contributed by atoms with Gasteiger partial charge in [0.15, 0.2) is 0 Å². The van der Waals surface area contributed by atoms with E-state index in [1.54, 1.807) is 0 Å². The lowest BCUT2D eigenvalue weighted by Crippen LogP contribution is -2.22. The van der Waals surface area contributed by atoms with Gasteiger partial charge in [0, 0.05) is 11.8 Å². The predicted octanol–water partition coefficient (Wildman–Crippen LogP) is 3.92. The van der Waals surface area contributed by atoms with Crippen molar-refractivity contribution in [2.24, 2.45) is 0 Å². The SMILES string of the molecule is O=C(CNc1cc(F)c(Br)cc1F)Nc1ccc(F)cc1. The highest BCUT2D eigenvalue weighted by atomic mass is 79.9. The fourth-order valence-electron chi connectivity index (χ4n) is 1.57. The number of anilines is 2. The van der Waals surface area contributed by atoms with Gasteiger partial charge in [-0.2, -0.15) is 0 Å². The molecule has 0 fully saturated rings. The van der Waals surface area contributed by atoms with Crippen LogP contribution < -0.4 is 10.6 Å². The summed E-state index contributed by atoms with van der Waals surface area (Å²) in [7, 11) is 0.